The van der Waals surface area contributed by atoms with E-state index in [1.807, 2.05) is 53.7 Å². The molecule has 212 valence electrons. The van der Waals surface area contributed by atoms with Crippen molar-refractivity contribution < 1.29 is 16.8 Å². The summed E-state index contributed by atoms with van der Waals surface area (Å²) >= 11 is 0. The van der Waals surface area contributed by atoms with E-state index >= 15 is 0 Å². The van der Waals surface area contributed by atoms with Crippen molar-refractivity contribution in [2.24, 2.45) is 11.1 Å². The maximum absolute atomic E-state index is 14.1. The highest BCUT2D eigenvalue weighted by Crippen LogP contribution is 2.40. The molecule has 2 heterocycles. The lowest BCUT2D eigenvalue weighted by molar-refractivity contribution is 0.169. The average molecular weight is 564 g/mol. The van der Waals surface area contributed by atoms with Gasteiger partial charge in [0.05, 0.1) is 4.90 Å². The third-order valence-electron chi connectivity index (χ3n) is 8.52. The zero-order chi connectivity index (χ0) is 28.1. The van der Waals surface area contributed by atoms with Crippen LogP contribution in [0.25, 0.3) is 11.3 Å². The Kier molecular flexibility index (Phi) is 8.00. The third kappa shape index (κ3) is 5.76. The van der Waals surface area contributed by atoms with E-state index in [0.717, 1.165) is 55.5 Å². The summed E-state index contributed by atoms with van der Waals surface area (Å²) < 4.78 is 56.8. The molecular formula is C29H45N3O4S2. The molecule has 1 aliphatic heterocycles. The number of hydrogen-bond acceptors (Lipinski definition) is 4. The van der Waals surface area contributed by atoms with Crippen molar-refractivity contribution in [3.63, 3.8) is 0 Å². The third-order valence-corrected chi connectivity index (χ3v) is 11.7. The van der Waals surface area contributed by atoms with E-state index in [0.29, 0.717) is 23.1 Å². The minimum absolute atomic E-state index is 0.132. The molecule has 0 radical (unpaired) electrons. The van der Waals surface area contributed by atoms with E-state index in [4.69, 9.17) is 5.14 Å². The minimum Gasteiger partial charge on any atom is -0.343 e. The Labute approximate surface area is 229 Å². The number of rotatable bonds is 6. The van der Waals surface area contributed by atoms with Crippen LogP contribution in [0.3, 0.4) is 0 Å². The largest absolute Gasteiger partial charge is 0.343 e. The van der Waals surface area contributed by atoms with Gasteiger partial charge >= 0.3 is 0 Å². The molecule has 2 N–H and O–H groups in total. The molecule has 0 amide bonds. The maximum Gasteiger partial charge on any atom is 0.243 e. The summed E-state index contributed by atoms with van der Waals surface area (Å²) in [6, 6.07) is 7.16. The van der Waals surface area contributed by atoms with Crippen LogP contribution in [0.4, 0.5) is 0 Å². The Morgan fingerprint density at radius 1 is 0.947 bits per heavy atom. The molecule has 2 aromatic rings. The van der Waals surface area contributed by atoms with Crippen molar-refractivity contribution in [2.75, 3.05) is 6.54 Å². The Morgan fingerprint density at radius 2 is 1.61 bits per heavy atom. The van der Waals surface area contributed by atoms with Gasteiger partial charge in [0.1, 0.15) is 4.90 Å². The van der Waals surface area contributed by atoms with Crippen LogP contribution < -0.4 is 5.14 Å². The summed E-state index contributed by atoms with van der Waals surface area (Å²) in [5.41, 5.74) is 2.05. The van der Waals surface area contributed by atoms with Crippen molar-refractivity contribution in [1.82, 2.24) is 8.87 Å². The summed E-state index contributed by atoms with van der Waals surface area (Å²) in [7, 11) is -7.64. The topological polar surface area (TPSA) is 102 Å². The van der Waals surface area contributed by atoms with Gasteiger partial charge in [-0.15, -0.1) is 0 Å². The first-order valence-electron chi connectivity index (χ1n) is 13.9. The van der Waals surface area contributed by atoms with Crippen LogP contribution >= 0.6 is 0 Å². The molecule has 0 spiro atoms. The number of piperidine rings is 1. The summed E-state index contributed by atoms with van der Waals surface area (Å²) in [5, 5.41) is 5.61. The summed E-state index contributed by atoms with van der Waals surface area (Å²) in [5.74, 6) is 0.477. The molecule has 0 bridgehead atoms. The smallest absolute Gasteiger partial charge is 0.243 e. The van der Waals surface area contributed by atoms with E-state index in [9.17, 15) is 16.8 Å². The lowest BCUT2D eigenvalue weighted by Crippen LogP contribution is -2.50. The van der Waals surface area contributed by atoms with Gasteiger partial charge in [0.2, 0.25) is 20.0 Å². The second-order valence-corrected chi connectivity index (χ2v) is 16.3. The highest BCUT2D eigenvalue weighted by atomic mass is 32.2. The number of benzene rings is 1. The number of nitrogens with two attached hydrogens (primary N) is 1. The SMILES string of the molecule is Cc1c(S(N)(=O)=O)cc(-c2ccc(S(=O)(=O)N3CCCCC3(C)C)c(C(C)(C)C)c2)n1CC1CCCCC1. The Hall–Kier alpha value is -1.68. The van der Waals surface area contributed by atoms with Crippen molar-refractivity contribution in [3.8, 4) is 11.3 Å². The monoisotopic (exact) mass is 563 g/mol. The molecule has 0 unspecified atom stereocenters. The molecule has 1 saturated heterocycles. The van der Waals surface area contributed by atoms with Gasteiger partial charge in [-0.3, -0.25) is 0 Å². The van der Waals surface area contributed by atoms with Crippen LogP contribution in [0.1, 0.15) is 97.2 Å². The fraction of sp³-hybridized carbons (Fsp3) is 0.655. The molecule has 9 heteroatoms. The zero-order valence-corrected chi connectivity index (χ0v) is 25.5. The van der Waals surface area contributed by atoms with Gasteiger partial charge in [-0.05, 0) is 87.1 Å². The number of nitrogens with zero attached hydrogens (tertiary/aromatic N) is 2. The first-order chi connectivity index (χ1) is 17.5. The average Bonchev–Trinajstić information content (AvgIpc) is 3.14. The van der Waals surface area contributed by atoms with E-state index in [1.165, 1.54) is 19.3 Å². The second-order valence-electron chi connectivity index (χ2n) is 12.9. The Morgan fingerprint density at radius 3 is 2.18 bits per heavy atom. The molecule has 2 fully saturated rings. The van der Waals surface area contributed by atoms with Gasteiger partial charge in [-0.1, -0.05) is 52.5 Å². The number of sulfonamides is 2. The second kappa shape index (κ2) is 10.4. The van der Waals surface area contributed by atoms with Gasteiger partial charge in [-0.25, -0.2) is 22.0 Å². The quantitative estimate of drug-likeness (QED) is 0.470. The van der Waals surface area contributed by atoms with Crippen LogP contribution in [0.15, 0.2) is 34.1 Å². The maximum atomic E-state index is 14.1. The molecular weight excluding hydrogens is 518 g/mol. The number of primary sulfonamides is 1. The van der Waals surface area contributed by atoms with Crippen molar-refractivity contribution in [2.45, 2.75) is 120 Å². The zero-order valence-electron chi connectivity index (χ0n) is 23.9. The van der Waals surface area contributed by atoms with Crippen LogP contribution in [0.2, 0.25) is 0 Å². The molecule has 4 rings (SSSR count). The van der Waals surface area contributed by atoms with Gasteiger partial charge in [0, 0.05) is 30.0 Å². The van der Waals surface area contributed by atoms with Crippen LogP contribution in [0, 0.1) is 12.8 Å². The van der Waals surface area contributed by atoms with Gasteiger partial charge in [0.25, 0.3) is 0 Å². The van der Waals surface area contributed by atoms with E-state index in [1.54, 1.807) is 16.4 Å². The van der Waals surface area contributed by atoms with E-state index < -0.39 is 31.0 Å². The molecule has 7 nitrogen and oxygen atoms in total. The number of hydrogen-bond donors (Lipinski definition) is 1. The van der Waals surface area contributed by atoms with Gasteiger partial charge < -0.3 is 4.57 Å². The van der Waals surface area contributed by atoms with E-state index in [2.05, 4.69) is 4.57 Å². The van der Waals surface area contributed by atoms with Crippen molar-refractivity contribution >= 4 is 20.0 Å². The van der Waals surface area contributed by atoms with Crippen LogP contribution in [0.5, 0.6) is 0 Å². The molecule has 38 heavy (non-hydrogen) atoms. The van der Waals surface area contributed by atoms with Crippen molar-refractivity contribution in [3.05, 3.63) is 35.5 Å². The molecule has 2 aliphatic rings. The summed E-state index contributed by atoms with van der Waals surface area (Å²) in [6.07, 6.45) is 8.58. The summed E-state index contributed by atoms with van der Waals surface area (Å²) in [4.78, 5) is 0.463. The predicted molar refractivity (Wildman–Crippen MR) is 153 cm³/mol. The lowest BCUT2D eigenvalue weighted by atomic mass is 9.85. The highest BCUT2D eigenvalue weighted by Gasteiger charge is 2.41. The first-order valence-corrected chi connectivity index (χ1v) is 16.9. The fourth-order valence-corrected chi connectivity index (χ4v) is 9.35. The molecule has 1 saturated carbocycles. The molecule has 1 aromatic carbocycles. The molecule has 1 aromatic heterocycles. The Balaban J connectivity index is 1.87. The molecule has 1 aliphatic carbocycles. The fourth-order valence-electron chi connectivity index (χ4n) is 6.32. The highest BCUT2D eigenvalue weighted by molar-refractivity contribution is 7.89. The Bertz CT molecular complexity index is 1390. The van der Waals surface area contributed by atoms with E-state index in [-0.39, 0.29) is 4.90 Å². The minimum atomic E-state index is -3.90. The standard InChI is InChI=1S/C29H45N3O4S2/c1-21-27(37(30,33)34)19-25(31(21)20-22-12-8-7-9-13-22)23-14-15-26(24(18-23)28(2,3)4)38(35,36)32-17-11-10-16-29(32,5)6/h14-15,18-19,22H,7-13,16-17,20H2,1-6H3,(H2,30,33,34). The van der Waals surface area contributed by atoms with Crippen molar-refractivity contribution in [1.29, 1.82) is 0 Å². The van der Waals surface area contributed by atoms with Gasteiger partial charge in [0.15, 0.2) is 0 Å². The summed E-state index contributed by atoms with van der Waals surface area (Å²) in [6.45, 7) is 13.1. The van der Waals surface area contributed by atoms with Crippen LogP contribution in [-0.4, -0.2) is 37.8 Å². The lowest BCUT2D eigenvalue weighted by Gasteiger charge is -2.42. The van der Waals surface area contributed by atoms with Gasteiger partial charge in [-0.2, -0.15) is 4.31 Å². The normalized spacial score (nSPS) is 20.1. The predicted octanol–water partition coefficient (Wildman–Crippen LogP) is 5.94. The van der Waals surface area contributed by atoms with Crippen LogP contribution in [-0.2, 0) is 32.0 Å². The number of aromatic nitrogens is 1. The molecule has 0 atom stereocenters. The first kappa shape index (κ1) is 29.3.